The monoisotopic (exact) mass is 1400 g/mol. The summed E-state index contributed by atoms with van der Waals surface area (Å²) in [7, 11) is 4.49. The molecule has 13 amide bonds. The number of aliphatic hydroxyl groups is 1. The molecule has 1 aliphatic rings. The number of thioether (sulfide) groups is 1. The fraction of sp³-hybridized carbons (Fsp3) is 0.634. The van der Waals surface area contributed by atoms with Gasteiger partial charge in [-0.3, -0.25) is 57.7 Å². The first-order valence-electron chi connectivity index (χ1n) is 34.3. The maximum atomic E-state index is 14.9. The van der Waals surface area contributed by atoms with E-state index in [2.05, 4.69) is 43.1 Å². The molecule has 1 fully saturated rings. The maximum Gasteiger partial charge on any atom is 0.410 e. The Morgan fingerprint density at radius 2 is 1.43 bits per heavy atom. The number of likely N-dealkylation sites (tertiary alicyclic amines) is 1. The van der Waals surface area contributed by atoms with Crippen molar-refractivity contribution < 1.29 is 72.1 Å². The lowest BCUT2D eigenvalue weighted by atomic mass is 9.85. The van der Waals surface area contributed by atoms with Crippen LogP contribution >= 0.6 is 11.8 Å². The van der Waals surface area contributed by atoms with Crippen molar-refractivity contribution in [1.82, 2.24) is 51.5 Å². The second-order valence-electron chi connectivity index (χ2n) is 26.4. The van der Waals surface area contributed by atoms with Crippen LogP contribution in [0.4, 0.5) is 15.3 Å². The van der Waals surface area contributed by atoms with Crippen LogP contribution in [0.25, 0.3) is 0 Å². The molecular weight excluding hydrogens is 1290 g/mol. The van der Waals surface area contributed by atoms with Crippen LogP contribution in [0.3, 0.4) is 0 Å². The summed E-state index contributed by atoms with van der Waals surface area (Å²) in [6, 6.07) is 8.87. The molecular formula is C71H110N12O15S. The molecule has 2 unspecified atom stereocenters. The summed E-state index contributed by atoms with van der Waals surface area (Å²) in [4.78, 5) is 165. The first kappa shape index (κ1) is 84.9. The predicted molar refractivity (Wildman–Crippen MR) is 378 cm³/mol. The number of imide groups is 1. The second-order valence-corrected chi connectivity index (χ2v) is 27.7. The molecule has 1 aliphatic heterocycles. The van der Waals surface area contributed by atoms with Gasteiger partial charge in [-0.25, -0.2) is 9.59 Å². The summed E-state index contributed by atoms with van der Waals surface area (Å²) in [5.74, 6) is -3.82. The molecule has 1 saturated heterocycles. The number of aliphatic hydroxyl groups excluding tert-OH is 1. The zero-order valence-corrected chi connectivity index (χ0v) is 60.9. The van der Waals surface area contributed by atoms with E-state index in [1.807, 2.05) is 19.9 Å². The van der Waals surface area contributed by atoms with Gasteiger partial charge in [-0.05, 0) is 86.0 Å². The second kappa shape index (κ2) is 44.0. The quantitative estimate of drug-likeness (QED) is 0.0185. The van der Waals surface area contributed by atoms with Gasteiger partial charge in [0, 0.05) is 96.6 Å². The fourth-order valence-electron chi connectivity index (χ4n) is 11.6. The summed E-state index contributed by atoms with van der Waals surface area (Å²) in [6.45, 7) is 18.6. The molecule has 11 atom stereocenters. The number of likely N-dealkylation sites (N-methyl/N-ethyl adjacent to an activating group) is 2. The molecule has 0 saturated carbocycles. The third-order valence-corrected chi connectivity index (χ3v) is 18.8. The normalized spacial score (nSPS) is 15.9. The van der Waals surface area contributed by atoms with E-state index >= 15 is 0 Å². The van der Waals surface area contributed by atoms with E-state index in [9.17, 15) is 62.6 Å². The molecule has 2 aromatic rings. The van der Waals surface area contributed by atoms with E-state index in [0.717, 1.165) is 4.90 Å². The number of anilines is 1. The number of terminal acetylenes is 1. The van der Waals surface area contributed by atoms with Crippen LogP contribution in [-0.2, 0) is 64.0 Å². The van der Waals surface area contributed by atoms with E-state index in [-0.39, 0.29) is 107 Å². The van der Waals surface area contributed by atoms with Crippen LogP contribution in [0.15, 0.2) is 54.6 Å². The Balaban J connectivity index is 1.68. The predicted octanol–water partition coefficient (Wildman–Crippen LogP) is 4.85. The number of unbranched alkanes of at least 4 members (excludes halogenated alkanes) is 2. The first-order valence-corrected chi connectivity index (χ1v) is 35.4. The van der Waals surface area contributed by atoms with Crippen LogP contribution in [0.5, 0.6) is 0 Å². The van der Waals surface area contributed by atoms with Gasteiger partial charge >= 0.3 is 12.1 Å². The molecule has 27 nitrogen and oxygen atoms in total. The van der Waals surface area contributed by atoms with Crippen LogP contribution in [0, 0.1) is 47.9 Å². The third kappa shape index (κ3) is 27.7. The number of nitrogens with zero attached hydrogens (tertiary/aromatic N) is 4. The van der Waals surface area contributed by atoms with Crippen LogP contribution in [0.2, 0.25) is 0 Å². The molecule has 0 spiro atoms. The van der Waals surface area contributed by atoms with Crippen molar-refractivity contribution in [3.05, 3.63) is 65.7 Å². The minimum absolute atomic E-state index is 0.0595. The summed E-state index contributed by atoms with van der Waals surface area (Å²) < 4.78 is 11.4. The Morgan fingerprint density at radius 3 is 2.03 bits per heavy atom. The molecule has 99 heavy (non-hydrogen) atoms. The zero-order chi connectivity index (χ0) is 74.1. The number of carbonyl (C=O) groups is 12. The summed E-state index contributed by atoms with van der Waals surface area (Å²) >= 11 is 1.32. The highest BCUT2D eigenvalue weighted by Crippen LogP contribution is 2.29. The number of urea groups is 1. The van der Waals surface area contributed by atoms with Crippen molar-refractivity contribution in [1.29, 1.82) is 0 Å². The Morgan fingerprint density at radius 1 is 0.768 bits per heavy atom. The van der Waals surface area contributed by atoms with Gasteiger partial charge in [0.1, 0.15) is 30.8 Å². The van der Waals surface area contributed by atoms with Crippen molar-refractivity contribution in [3.63, 3.8) is 0 Å². The summed E-state index contributed by atoms with van der Waals surface area (Å²) in [5, 5.41) is 29.6. The number of methoxy groups -OCH3 is 1. The lowest BCUT2D eigenvalue weighted by Gasteiger charge is -2.41. The van der Waals surface area contributed by atoms with Crippen molar-refractivity contribution in [2.75, 3.05) is 71.6 Å². The number of hydrogen-bond donors (Lipinski definition) is 9. The molecule has 0 bridgehead atoms. The molecule has 10 N–H and O–H groups in total. The minimum atomic E-state index is -1.14. The lowest BCUT2D eigenvalue weighted by molar-refractivity contribution is -0.148. The van der Waals surface area contributed by atoms with E-state index in [1.165, 1.54) is 35.7 Å². The third-order valence-electron chi connectivity index (χ3n) is 17.6. The number of amides is 13. The standard InChI is InChI=1S/C71H110N12O15S/c1-15-17-36-82(38-33-48(10)63(88)75-49(11)62(87)51-25-20-18-21-26-51)67(92)53(42-97-14)61(47(9)16-2)80(12)69(94)59(45(5)6)79-66(91)60(46(7)8)81(13)71(96)98-41-50-29-31-52(32-30-50)76-64(89)54(27-24-34-74-70(72)95)77-65(90)58(44(3)4)78-56(85)28-22-19-23-37-83-57(86)40-55(68(83)93)99-39-35-73-43-84/h1,18,20-21,25-26,29-32,43-49,53-55,58-62,87H,16-17,19,22-24,27-28,33-42H2,2-14H3,(H,73,84)(H,75,88)(H,76,89)(H,77,90)(H,78,85)(H,79,91)(H3,72,74,95)/t47-,48+,49+,53?,54-,55?,58-,59-,60-,61-,62+/m0/s1. The number of ether oxygens (including phenoxy) is 2. The number of primary amides is 1. The number of nitrogens with two attached hydrogens (primary N) is 1. The van der Waals surface area contributed by atoms with Crippen molar-refractivity contribution in [2.45, 2.75) is 188 Å². The number of benzene rings is 2. The van der Waals surface area contributed by atoms with Crippen LogP contribution in [-0.4, -0.2) is 204 Å². The summed E-state index contributed by atoms with van der Waals surface area (Å²) in [6.07, 6.45) is 7.44. The Bertz CT molecular complexity index is 3010. The Labute approximate surface area is 588 Å². The van der Waals surface area contributed by atoms with Crippen molar-refractivity contribution in [2.24, 2.45) is 41.2 Å². The van der Waals surface area contributed by atoms with Gasteiger partial charge in [-0.15, -0.1) is 24.1 Å². The molecule has 0 radical (unpaired) electrons. The molecule has 3 rings (SSSR count). The molecule has 0 aliphatic carbocycles. The number of carbonyl (C=O) groups excluding carboxylic acids is 12. The highest BCUT2D eigenvalue weighted by atomic mass is 32.2. The number of rotatable bonds is 45. The number of nitrogens with one attached hydrogen (secondary N) is 7. The minimum Gasteiger partial charge on any atom is -0.445 e. The van der Waals surface area contributed by atoms with Gasteiger partial charge in [-0.1, -0.05) is 118 Å². The number of hydrogen-bond acceptors (Lipinski definition) is 16. The molecule has 2 aromatic carbocycles. The first-order chi connectivity index (χ1) is 46.9. The van der Waals surface area contributed by atoms with Gasteiger partial charge in [0.05, 0.1) is 29.9 Å². The highest BCUT2D eigenvalue weighted by molar-refractivity contribution is 8.00. The largest absolute Gasteiger partial charge is 0.445 e. The van der Waals surface area contributed by atoms with Gasteiger partial charge in [0.15, 0.2) is 0 Å². The Hall–Kier alpha value is -8.29. The molecule has 28 heteroatoms. The van der Waals surface area contributed by atoms with Crippen molar-refractivity contribution >= 4 is 89.1 Å². The fourth-order valence-corrected chi connectivity index (χ4v) is 12.7. The van der Waals surface area contributed by atoms with E-state index in [0.29, 0.717) is 61.2 Å². The lowest BCUT2D eigenvalue weighted by Crippen LogP contribution is -2.60. The van der Waals surface area contributed by atoms with Gasteiger partial charge in [-0.2, -0.15) is 0 Å². The van der Waals surface area contributed by atoms with E-state index in [4.69, 9.17) is 21.6 Å². The van der Waals surface area contributed by atoms with Crippen LogP contribution in [0.1, 0.15) is 151 Å². The molecule has 0 aromatic heterocycles. The average molecular weight is 1400 g/mol. The van der Waals surface area contributed by atoms with Gasteiger partial charge < -0.3 is 67.3 Å². The average Bonchev–Trinajstić information content (AvgIpc) is 1.29. The topological polar surface area (TPSA) is 367 Å². The van der Waals surface area contributed by atoms with Crippen LogP contribution < -0.4 is 43.0 Å². The maximum absolute atomic E-state index is 14.9. The molecule has 1 heterocycles. The van der Waals surface area contributed by atoms with Gasteiger partial charge in [0.2, 0.25) is 59.6 Å². The van der Waals surface area contributed by atoms with E-state index in [1.54, 1.807) is 116 Å². The smallest absolute Gasteiger partial charge is 0.410 e. The Kier molecular flexibility index (Phi) is 37.7. The van der Waals surface area contributed by atoms with Gasteiger partial charge in [0.25, 0.3) is 0 Å². The van der Waals surface area contributed by atoms with E-state index < -0.39 is 119 Å². The molecule has 550 valence electrons. The van der Waals surface area contributed by atoms with Crippen molar-refractivity contribution in [3.8, 4) is 12.3 Å². The zero-order valence-electron chi connectivity index (χ0n) is 60.1. The SMILES string of the molecule is C#CCCN(CC[C@@H](C)C(=O)N[C@H](C)[C@@H](O)c1ccccc1)C(=O)C(COC)[C@H]([C@@H](C)CC)N(C)C(=O)[C@@H](NC(=O)[C@H](C(C)C)N(C)C(=O)OCc1ccc(NC(=O)[C@H](CCCNC(N)=O)NC(=O)[C@@H](NC(=O)CCCCCN2C(=O)CC(SCCNC=O)C2=O)C(C)C)cc1)C(C)C. The summed E-state index contributed by atoms with van der Waals surface area (Å²) in [5.41, 5.74) is 6.75. The highest BCUT2D eigenvalue weighted by Gasteiger charge is 2.43.